The van der Waals surface area contributed by atoms with Gasteiger partial charge in [-0.1, -0.05) is 11.6 Å². The Morgan fingerprint density at radius 3 is 2.40 bits per heavy atom. The molecule has 0 unspecified atom stereocenters. The average molecular weight is 289 g/mol. The van der Waals surface area contributed by atoms with Crippen molar-refractivity contribution >= 4 is 29.6 Å². The molecule has 2 aromatic rings. The van der Waals surface area contributed by atoms with Crippen molar-refractivity contribution in [3.63, 3.8) is 0 Å². The van der Waals surface area contributed by atoms with Crippen molar-refractivity contribution in [3.05, 3.63) is 52.9 Å². The Balaban J connectivity index is 1.87. The molecule has 1 aliphatic heterocycles. The molecule has 2 heterocycles. The third kappa shape index (κ3) is 2.44. The number of imide groups is 1. The van der Waals surface area contributed by atoms with Gasteiger partial charge < -0.3 is 9.73 Å². The van der Waals surface area contributed by atoms with Gasteiger partial charge in [0.25, 0.3) is 5.91 Å². The molecule has 1 fully saturated rings. The number of hydrogen-bond acceptors (Lipinski definition) is 3. The van der Waals surface area contributed by atoms with Crippen molar-refractivity contribution in [2.75, 3.05) is 0 Å². The van der Waals surface area contributed by atoms with Crippen LogP contribution in [0.1, 0.15) is 5.76 Å². The molecular formula is C14H9ClN2O3. The monoisotopic (exact) mass is 288 g/mol. The number of rotatable bonds is 2. The summed E-state index contributed by atoms with van der Waals surface area (Å²) in [5.41, 5.74) is 1.03. The molecule has 2 N–H and O–H groups in total. The fourth-order valence-electron chi connectivity index (χ4n) is 1.82. The van der Waals surface area contributed by atoms with Gasteiger partial charge in [-0.15, -0.1) is 0 Å². The number of amides is 3. The fourth-order valence-corrected chi connectivity index (χ4v) is 1.95. The molecule has 3 rings (SSSR count). The molecule has 100 valence electrons. The topological polar surface area (TPSA) is 71.3 Å². The number of carbonyl (C=O) groups is 2. The van der Waals surface area contributed by atoms with Gasteiger partial charge in [0.2, 0.25) is 0 Å². The average Bonchev–Trinajstić information content (AvgIpc) is 2.98. The zero-order chi connectivity index (χ0) is 14.1. The van der Waals surface area contributed by atoms with E-state index < -0.39 is 11.9 Å². The first-order valence-electron chi connectivity index (χ1n) is 5.81. The van der Waals surface area contributed by atoms with Crippen LogP contribution in [0.3, 0.4) is 0 Å². The van der Waals surface area contributed by atoms with Crippen LogP contribution in [0.2, 0.25) is 5.02 Å². The maximum absolute atomic E-state index is 11.4. The molecule has 1 aromatic heterocycles. The van der Waals surface area contributed by atoms with Gasteiger partial charge in [-0.25, -0.2) is 4.79 Å². The standard InChI is InChI=1S/C14H9ClN2O3/c15-9-3-1-8(2-4-9)12-6-5-10(20-12)7-11-13(18)17-14(19)16-11/h1-7H,(H2,16,17,18,19). The summed E-state index contributed by atoms with van der Waals surface area (Å²) in [5.74, 6) is 0.653. The number of urea groups is 1. The number of nitrogens with one attached hydrogen (secondary N) is 2. The number of carbonyl (C=O) groups excluding carboxylic acids is 2. The lowest BCUT2D eigenvalue weighted by Crippen LogP contribution is -2.22. The first-order chi connectivity index (χ1) is 9.61. The van der Waals surface area contributed by atoms with E-state index in [1.54, 1.807) is 24.3 Å². The van der Waals surface area contributed by atoms with E-state index in [0.29, 0.717) is 16.5 Å². The second-order valence-corrected chi connectivity index (χ2v) is 4.61. The minimum absolute atomic E-state index is 0.159. The summed E-state index contributed by atoms with van der Waals surface area (Å²) in [4.78, 5) is 22.4. The van der Waals surface area contributed by atoms with Gasteiger partial charge in [-0.3, -0.25) is 10.1 Å². The Morgan fingerprint density at radius 1 is 1.00 bits per heavy atom. The van der Waals surface area contributed by atoms with Crippen LogP contribution in [0.25, 0.3) is 17.4 Å². The normalized spacial score (nSPS) is 16.4. The summed E-state index contributed by atoms with van der Waals surface area (Å²) in [7, 11) is 0. The molecule has 1 aliphatic rings. The number of furan rings is 1. The molecule has 3 amide bonds. The van der Waals surface area contributed by atoms with Crippen molar-refractivity contribution < 1.29 is 14.0 Å². The summed E-state index contributed by atoms with van der Waals surface area (Å²) >= 11 is 5.82. The predicted molar refractivity (Wildman–Crippen MR) is 73.8 cm³/mol. The molecule has 0 aliphatic carbocycles. The quantitative estimate of drug-likeness (QED) is 0.659. The zero-order valence-electron chi connectivity index (χ0n) is 10.1. The maximum atomic E-state index is 11.4. The van der Waals surface area contributed by atoms with E-state index in [0.717, 1.165) is 5.56 Å². The van der Waals surface area contributed by atoms with Crippen LogP contribution in [0.15, 0.2) is 46.5 Å². The van der Waals surface area contributed by atoms with Gasteiger partial charge in [-0.2, -0.15) is 0 Å². The molecule has 6 heteroatoms. The molecular weight excluding hydrogens is 280 g/mol. The highest BCUT2D eigenvalue weighted by Crippen LogP contribution is 2.24. The Labute approximate surface area is 119 Å². The van der Waals surface area contributed by atoms with E-state index in [9.17, 15) is 9.59 Å². The van der Waals surface area contributed by atoms with Gasteiger partial charge in [0.15, 0.2) is 0 Å². The van der Waals surface area contributed by atoms with Gasteiger partial charge >= 0.3 is 6.03 Å². The SMILES string of the molecule is O=C1NC(=O)C(=Cc2ccc(-c3ccc(Cl)cc3)o2)N1. The number of hydrogen-bond donors (Lipinski definition) is 2. The molecule has 5 nitrogen and oxygen atoms in total. The van der Waals surface area contributed by atoms with E-state index in [2.05, 4.69) is 10.6 Å². The first-order valence-corrected chi connectivity index (χ1v) is 6.19. The van der Waals surface area contributed by atoms with E-state index in [1.165, 1.54) is 6.08 Å². The molecule has 0 radical (unpaired) electrons. The van der Waals surface area contributed by atoms with Crippen LogP contribution < -0.4 is 10.6 Å². The van der Waals surface area contributed by atoms with Gasteiger partial charge in [0, 0.05) is 16.7 Å². The van der Waals surface area contributed by atoms with Crippen molar-refractivity contribution in [2.24, 2.45) is 0 Å². The Morgan fingerprint density at radius 2 is 1.75 bits per heavy atom. The van der Waals surface area contributed by atoms with E-state index in [1.807, 2.05) is 12.1 Å². The van der Waals surface area contributed by atoms with Crippen LogP contribution in [0.4, 0.5) is 4.79 Å². The van der Waals surface area contributed by atoms with Crippen LogP contribution >= 0.6 is 11.6 Å². The van der Waals surface area contributed by atoms with Crippen molar-refractivity contribution in [2.45, 2.75) is 0 Å². The third-order valence-corrected chi connectivity index (χ3v) is 3.01. The van der Waals surface area contributed by atoms with E-state index in [4.69, 9.17) is 16.0 Å². The minimum atomic E-state index is -0.536. The second-order valence-electron chi connectivity index (χ2n) is 4.18. The number of benzene rings is 1. The Hall–Kier alpha value is -2.53. The van der Waals surface area contributed by atoms with Crippen molar-refractivity contribution in [3.8, 4) is 11.3 Å². The zero-order valence-corrected chi connectivity index (χ0v) is 10.9. The van der Waals surface area contributed by atoms with Crippen LogP contribution in [-0.4, -0.2) is 11.9 Å². The molecule has 0 spiro atoms. The Kier molecular flexibility index (Phi) is 3.04. The van der Waals surface area contributed by atoms with Crippen molar-refractivity contribution in [1.82, 2.24) is 10.6 Å². The lowest BCUT2D eigenvalue weighted by Gasteiger charge is -1.96. The Bertz CT molecular complexity index is 716. The van der Waals surface area contributed by atoms with E-state index >= 15 is 0 Å². The number of halogens is 1. The highest BCUT2D eigenvalue weighted by atomic mass is 35.5. The van der Waals surface area contributed by atoms with Gasteiger partial charge in [0.05, 0.1) is 0 Å². The highest BCUT2D eigenvalue weighted by Gasteiger charge is 2.23. The summed E-state index contributed by atoms with van der Waals surface area (Å²) in [6, 6.07) is 10.2. The molecule has 20 heavy (non-hydrogen) atoms. The van der Waals surface area contributed by atoms with E-state index in [-0.39, 0.29) is 5.70 Å². The van der Waals surface area contributed by atoms with Crippen molar-refractivity contribution in [1.29, 1.82) is 0 Å². The fraction of sp³-hybridized carbons (Fsp3) is 0. The molecule has 0 saturated carbocycles. The van der Waals surface area contributed by atoms with Gasteiger partial charge in [-0.05, 0) is 36.4 Å². The van der Waals surface area contributed by atoms with Crippen LogP contribution in [0, 0.1) is 0 Å². The molecule has 1 saturated heterocycles. The van der Waals surface area contributed by atoms with Gasteiger partial charge in [0.1, 0.15) is 17.2 Å². The highest BCUT2D eigenvalue weighted by molar-refractivity contribution is 6.30. The van der Waals surface area contributed by atoms with Crippen LogP contribution in [-0.2, 0) is 4.79 Å². The molecule has 0 bridgehead atoms. The summed E-state index contributed by atoms with van der Waals surface area (Å²) in [6.45, 7) is 0. The second kappa shape index (κ2) is 4.86. The minimum Gasteiger partial charge on any atom is -0.457 e. The lowest BCUT2D eigenvalue weighted by molar-refractivity contribution is -0.115. The molecule has 1 aromatic carbocycles. The summed E-state index contributed by atoms with van der Waals surface area (Å²) < 4.78 is 5.60. The summed E-state index contributed by atoms with van der Waals surface area (Å²) in [6.07, 6.45) is 1.47. The maximum Gasteiger partial charge on any atom is 0.326 e. The largest absolute Gasteiger partial charge is 0.457 e. The predicted octanol–water partition coefficient (Wildman–Crippen LogP) is 2.78. The smallest absolute Gasteiger partial charge is 0.326 e. The lowest BCUT2D eigenvalue weighted by atomic mass is 10.2. The first kappa shape index (κ1) is 12.5. The van der Waals surface area contributed by atoms with Crippen LogP contribution in [0.5, 0.6) is 0 Å². The summed E-state index contributed by atoms with van der Waals surface area (Å²) in [5, 5.41) is 5.16. The third-order valence-electron chi connectivity index (χ3n) is 2.76. The molecule has 0 atom stereocenters.